The first-order chi connectivity index (χ1) is 55.2. The van der Waals surface area contributed by atoms with Crippen molar-refractivity contribution >= 4 is 70.4 Å². The summed E-state index contributed by atoms with van der Waals surface area (Å²) in [4.78, 5) is 85.7. The van der Waals surface area contributed by atoms with Crippen LogP contribution in [-0.4, -0.2) is 169 Å². The van der Waals surface area contributed by atoms with Crippen LogP contribution in [0.4, 0.5) is 0 Å². The fourth-order valence-corrected chi connectivity index (χ4v) is 10.1. The number of hydrogen-bond donors (Lipinski definition) is 19. The van der Waals surface area contributed by atoms with E-state index >= 15 is 0 Å². The Kier molecular flexibility index (Phi) is 50.8. The first kappa shape index (κ1) is 103. The Labute approximate surface area is 685 Å². The van der Waals surface area contributed by atoms with Crippen molar-refractivity contribution in [3.63, 3.8) is 0 Å². The summed E-state index contributed by atoms with van der Waals surface area (Å²) in [5, 5.41) is 93.5. The van der Waals surface area contributed by atoms with Crippen molar-refractivity contribution in [3.8, 4) is 11.5 Å². The van der Waals surface area contributed by atoms with Gasteiger partial charge in [0, 0.05) is 47.8 Å². The number of ether oxygens (including phenoxy) is 2. The smallest absolute Gasteiger partial charge is 0.320 e. The topological polar surface area (TPSA) is 586 Å². The molecule has 0 fully saturated rings. The quantitative estimate of drug-likeness (QED) is 0.0125. The van der Waals surface area contributed by atoms with Crippen LogP contribution in [0.15, 0.2) is 170 Å². The lowest BCUT2D eigenvalue weighted by Crippen LogP contribution is -2.32. The van der Waals surface area contributed by atoms with E-state index in [0.717, 1.165) is 112 Å². The van der Waals surface area contributed by atoms with Gasteiger partial charge in [-0.3, -0.25) is 38.4 Å². The zero-order valence-electron chi connectivity index (χ0n) is 68.3. The highest BCUT2D eigenvalue weighted by Crippen LogP contribution is 2.18. The number of aryl methyl sites for hydroxylation is 2. The summed E-state index contributed by atoms with van der Waals surface area (Å²) in [5.41, 5.74) is 52.1. The second-order valence-electron chi connectivity index (χ2n) is 28.3. The molecule has 0 amide bonds. The normalized spacial score (nSPS) is 12.2. The third-order valence-corrected chi connectivity index (χ3v) is 17.0. The molecule has 7 aromatic carbocycles. The standard InChI is InChI=1S/C15H22N2O2.C13H18N2O2.C13H17NO3.C12H16N2O3.C12H16N2O2.C12H17NO3.C11H16N2O2/c1-10(2)13(16)8-7-11-3-5-12(6-4-11)9-14(17)15(18)19;1-9(14)2-3-10-4-6-11(7-5-10)8-12(15)13(16)17;1-2-3-12(15)10-6-4-9(5-7-10)8-11(14)13(16)17;1-8(13)7-17-10-4-2-9(3-5-10)6-11(14)12(15)16;1-8(13)6-9-2-4-10(5-3-9)7-11(14)12(15)16;1-2-7-16-10-5-3-9(4-6-10)8-11(13)12(14)15;1-13-7-9-4-2-8(3-5-9)6-10(12)11(14)15/h3-6,10,14,16H,7-9,17H2,1-2H3,(H,18,19);4-7,12,14H,2-3,8,15H2,1H3,(H,16,17);4-7,11H,2-3,8,14H2,1H3,(H,16,17);2-5,11,13H,6-7,14H2,1H3,(H,15,16);2-5,11,13H,6-7,14H2,1H3,(H,15,16);3-6,11H,2,7-8,13H2,1H3,(H,14,15);2-5,10,13H,6-7,12H2,1H3,(H,14,15). The van der Waals surface area contributed by atoms with Crippen LogP contribution < -0.4 is 54.9 Å². The van der Waals surface area contributed by atoms with E-state index in [1.807, 2.05) is 156 Å². The first-order valence-electron chi connectivity index (χ1n) is 38.3. The Hall–Kier alpha value is -11.5. The number of Topliss-reactive ketones (excluding diaryl/α,β-unsaturated/α-hetero) is 1. The average molecular weight is 1620 g/mol. The predicted octanol–water partition coefficient (Wildman–Crippen LogP) is 9.56. The summed E-state index contributed by atoms with van der Waals surface area (Å²) in [5.74, 6) is -5.04. The molecule has 0 heterocycles. The molecule has 7 unspecified atom stereocenters. The number of nitrogens with one attached hydrogen (secondary N) is 5. The molecule has 0 saturated carbocycles. The lowest BCUT2D eigenvalue weighted by Gasteiger charge is -2.09. The zero-order valence-corrected chi connectivity index (χ0v) is 68.3. The minimum Gasteiger partial charge on any atom is -0.494 e. The summed E-state index contributed by atoms with van der Waals surface area (Å²) in [6.45, 7) is 15.0. The van der Waals surface area contributed by atoms with E-state index < -0.39 is 84.1 Å². The maximum Gasteiger partial charge on any atom is 0.320 e. The maximum atomic E-state index is 11.6. The van der Waals surface area contributed by atoms with Gasteiger partial charge in [-0.2, -0.15) is 0 Å². The Morgan fingerprint density at radius 3 is 0.863 bits per heavy atom. The zero-order chi connectivity index (χ0) is 88.3. The molecular formula is C88H122N12O17. The van der Waals surface area contributed by atoms with Gasteiger partial charge >= 0.3 is 41.8 Å². The molecule has 0 aliphatic rings. The molecule has 636 valence electrons. The predicted molar refractivity (Wildman–Crippen MR) is 457 cm³/mol. The van der Waals surface area contributed by atoms with Crippen molar-refractivity contribution in [2.75, 3.05) is 20.3 Å². The fourth-order valence-electron chi connectivity index (χ4n) is 10.1. The molecule has 26 N–H and O–H groups in total. The number of carbonyl (C=O) groups is 8. The maximum absolute atomic E-state index is 11.6. The third-order valence-electron chi connectivity index (χ3n) is 17.0. The van der Waals surface area contributed by atoms with Crippen LogP contribution in [0.3, 0.4) is 0 Å². The van der Waals surface area contributed by atoms with Crippen molar-refractivity contribution in [1.82, 2.24) is 5.32 Å². The molecule has 7 rings (SSSR count). The Morgan fingerprint density at radius 1 is 0.342 bits per heavy atom. The van der Waals surface area contributed by atoms with Crippen LogP contribution in [0.2, 0.25) is 0 Å². The highest BCUT2D eigenvalue weighted by Gasteiger charge is 2.18. The van der Waals surface area contributed by atoms with E-state index in [1.165, 1.54) is 5.56 Å². The van der Waals surface area contributed by atoms with Crippen molar-refractivity contribution in [1.29, 1.82) is 21.6 Å². The second kappa shape index (κ2) is 57.5. The van der Waals surface area contributed by atoms with E-state index in [2.05, 4.69) is 5.32 Å². The van der Waals surface area contributed by atoms with Gasteiger partial charge in [0.15, 0.2) is 5.78 Å². The van der Waals surface area contributed by atoms with Gasteiger partial charge in [0.1, 0.15) is 60.4 Å². The highest BCUT2D eigenvalue weighted by molar-refractivity contribution is 5.96. The van der Waals surface area contributed by atoms with E-state index in [0.29, 0.717) is 92.3 Å². The van der Waals surface area contributed by atoms with Crippen molar-refractivity contribution < 1.29 is 83.6 Å². The van der Waals surface area contributed by atoms with Gasteiger partial charge < -0.3 is 112 Å². The molecule has 0 bridgehead atoms. The Bertz CT molecular complexity index is 4110. The molecule has 29 heteroatoms. The Balaban J connectivity index is 0.000000683. The van der Waals surface area contributed by atoms with Crippen LogP contribution in [-0.2, 0) is 104 Å². The number of ketones is 1. The number of carboxylic acid groups (broad SMARTS) is 7. The lowest BCUT2D eigenvalue weighted by atomic mass is 9.98. The van der Waals surface area contributed by atoms with E-state index in [9.17, 15) is 38.4 Å². The van der Waals surface area contributed by atoms with E-state index in [-0.39, 0.29) is 18.8 Å². The third kappa shape index (κ3) is 47.8. The molecule has 0 saturated heterocycles. The molecular weight excluding hydrogens is 1500 g/mol. The molecule has 0 aliphatic heterocycles. The lowest BCUT2D eigenvalue weighted by molar-refractivity contribution is -0.139. The minimum absolute atomic E-state index is 0.113. The van der Waals surface area contributed by atoms with E-state index in [1.54, 1.807) is 69.3 Å². The molecule has 0 aliphatic carbocycles. The molecule has 29 nitrogen and oxygen atoms in total. The molecule has 7 atom stereocenters. The van der Waals surface area contributed by atoms with Gasteiger partial charge in [0.25, 0.3) is 0 Å². The van der Waals surface area contributed by atoms with Crippen LogP contribution in [0.1, 0.15) is 152 Å². The average Bonchev–Trinajstić information content (AvgIpc) is 1.15. The van der Waals surface area contributed by atoms with Crippen molar-refractivity contribution in [3.05, 3.63) is 237 Å². The summed E-state index contributed by atoms with van der Waals surface area (Å²) < 4.78 is 10.7. The highest BCUT2D eigenvalue weighted by atomic mass is 16.5. The van der Waals surface area contributed by atoms with Crippen LogP contribution >= 0.6 is 0 Å². The summed E-state index contributed by atoms with van der Waals surface area (Å²) in [7, 11) is 1.88. The summed E-state index contributed by atoms with van der Waals surface area (Å²) >= 11 is 0. The van der Waals surface area contributed by atoms with Crippen molar-refractivity contribution in [2.45, 2.75) is 194 Å². The molecule has 0 radical (unpaired) electrons. The number of benzene rings is 7. The van der Waals surface area contributed by atoms with E-state index in [4.69, 9.17) is 107 Å². The number of hydrogen-bond acceptors (Lipinski definition) is 22. The minimum atomic E-state index is -1.02. The van der Waals surface area contributed by atoms with Crippen LogP contribution in [0, 0.1) is 27.6 Å². The number of carboxylic acids is 7. The number of rotatable bonds is 41. The molecule has 0 aromatic heterocycles. The monoisotopic (exact) mass is 1620 g/mol. The summed E-state index contributed by atoms with van der Waals surface area (Å²) in [6.07, 6.45) is 8.48. The molecule has 0 spiro atoms. The van der Waals surface area contributed by atoms with Gasteiger partial charge in [0.05, 0.1) is 6.61 Å². The number of aliphatic carboxylic acids is 7. The first-order valence-corrected chi connectivity index (χ1v) is 38.3. The van der Waals surface area contributed by atoms with Crippen molar-refractivity contribution in [2.24, 2.45) is 46.1 Å². The fraction of sp³-hybridized carbons (Fsp3) is 0.386. The second-order valence-corrected chi connectivity index (χ2v) is 28.3. The van der Waals surface area contributed by atoms with Gasteiger partial charge in [0.2, 0.25) is 0 Å². The van der Waals surface area contributed by atoms with Gasteiger partial charge in [-0.15, -0.1) is 0 Å². The van der Waals surface area contributed by atoms with Crippen LogP contribution in [0.5, 0.6) is 11.5 Å². The molecule has 7 aromatic rings. The van der Waals surface area contributed by atoms with Gasteiger partial charge in [-0.1, -0.05) is 173 Å². The number of nitrogens with two attached hydrogens (primary N) is 7. The van der Waals surface area contributed by atoms with Crippen LogP contribution in [0.25, 0.3) is 0 Å². The summed E-state index contributed by atoms with van der Waals surface area (Å²) in [6, 6.07) is 46.2. The number of carbonyl (C=O) groups excluding carboxylic acids is 1. The largest absolute Gasteiger partial charge is 0.494 e. The van der Waals surface area contributed by atoms with Gasteiger partial charge in [-0.25, -0.2) is 0 Å². The Morgan fingerprint density at radius 2 is 0.607 bits per heavy atom. The molecule has 117 heavy (non-hydrogen) atoms. The van der Waals surface area contributed by atoms with Gasteiger partial charge in [-0.05, 0) is 203 Å². The SMILES string of the molecule is CC(=N)CCc1ccc(CC(N)C(=O)O)cc1.CC(=N)COc1ccc(CC(N)C(=O)O)cc1.CC(=N)Cc1ccc(CC(N)C(=O)O)cc1.CC(C)C(=N)CCc1ccc(CC(N)C(=O)O)cc1.CCCC(=O)c1ccc(CC(N)C(=O)O)cc1.CCCOc1ccc(CC(N)C(=O)O)cc1.CNCc1ccc(CC(N)C(=O)O)cc1.